The molecule has 0 bridgehead atoms. The number of pyridine rings is 3. The smallest absolute Gasteiger partial charge is 0.399 e. The van der Waals surface area contributed by atoms with E-state index in [0.717, 1.165) is 18.2 Å². The molecule has 236 valence electrons. The van der Waals surface area contributed by atoms with Crippen LogP contribution in [0.5, 0.6) is 0 Å². The molecule has 0 aromatic carbocycles. The fourth-order valence-electron chi connectivity index (χ4n) is 3.16. The van der Waals surface area contributed by atoms with E-state index in [-0.39, 0.29) is 9.94 Å². The first-order chi connectivity index (χ1) is 19.4. The van der Waals surface area contributed by atoms with Crippen LogP contribution in [0, 0.1) is 0 Å². The zero-order valence-corrected chi connectivity index (χ0v) is 24.4. The lowest BCUT2D eigenvalue weighted by atomic mass is 9.79. The molecule has 0 amide bonds. The number of nitrogens with two attached hydrogens (primary N) is 3. The third-order valence-electron chi connectivity index (χ3n) is 6.10. The van der Waals surface area contributed by atoms with Crippen LogP contribution in [0.4, 0.5) is 57.0 Å². The Hall–Kier alpha value is -3.32. The minimum atomic E-state index is -4.56. The number of hydrogen-bond acceptors (Lipinski definition) is 8. The summed E-state index contributed by atoms with van der Waals surface area (Å²) in [7, 11) is -0.894. The molecule has 3 aromatic rings. The second kappa shape index (κ2) is 12.7. The maximum atomic E-state index is 12.8. The summed E-state index contributed by atoms with van der Waals surface area (Å²) in [5.41, 5.74) is 11.4. The highest BCUT2D eigenvalue weighted by Gasteiger charge is 2.52. The minimum absolute atomic E-state index is 0.199. The van der Waals surface area contributed by atoms with Gasteiger partial charge in [0.15, 0.2) is 0 Å². The Labute approximate surface area is 248 Å². The van der Waals surface area contributed by atoms with Crippen molar-refractivity contribution in [1.82, 2.24) is 15.0 Å². The molecular weight excluding hydrogens is 666 g/mol. The van der Waals surface area contributed by atoms with Crippen LogP contribution < -0.4 is 22.7 Å². The van der Waals surface area contributed by atoms with E-state index in [1.165, 1.54) is 24.7 Å². The minimum Gasteiger partial charge on any atom is -0.399 e. The highest BCUT2D eigenvalue weighted by Crippen LogP contribution is 2.38. The number of rotatable bonds is 1. The number of halogens is 10. The molecule has 0 unspecified atom stereocenters. The Morgan fingerprint density at radius 2 is 1.09 bits per heavy atom. The van der Waals surface area contributed by atoms with Gasteiger partial charge in [-0.3, -0.25) is 0 Å². The van der Waals surface area contributed by atoms with Crippen LogP contribution in [0.2, 0.25) is 0 Å². The summed E-state index contributed by atoms with van der Waals surface area (Å²) >= 11 is 2.87. The standard InChI is InChI=1S/C12H16BF3N2O2.C6H4BrF3N2.C6H5F3N2/c1-10(2)11(3,4)20-13(19-10)7-5-8(12(14,15)16)9(17)18-6-7;7-3-1-4(6(8,9)10)5(11)12-2-3;7-6(8,9)4-2-1-3-11-5(4)10/h5-6H,1-4H3,(H2,17,18);1-2H,(H2,11,12);1-3H,(H2,10,11). The SMILES string of the molecule is CC1(C)OB(c2cnc(N)c(C(F)(F)F)c2)OC1(C)C.Nc1ncc(Br)cc1C(F)(F)F.Nc1ncccc1C(F)(F)F. The van der Waals surface area contributed by atoms with Gasteiger partial charge in [-0.15, -0.1) is 0 Å². The van der Waals surface area contributed by atoms with Gasteiger partial charge in [-0.1, -0.05) is 0 Å². The molecule has 1 saturated heterocycles. The van der Waals surface area contributed by atoms with Gasteiger partial charge in [0.05, 0.1) is 27.9 Å². The Morgan fingerprint density at radius 1 is 0.674 bits per heavy atom. The Morgan fingerprint density at radius 3 is 1.49 bits per heavy atom. The van der Waals surface area contributed by atoms with Crippen molar-refractivity contribution in [3.05, 3.63) is 64.0 Å². The van der Waals surface area contributed by atoms with Gasteiger partial charge >= 0.3 is 25.6 Å². The quantitative estimate of drug-likeness (QED) is 0.206. The van der Waals surface area contributed by atoms with Gasteiger partial charge in [-0.05, 0) is 67.9 Å². The predicted molar refractivity (Wildman–Crippen MR) is 144 cm³/mol. The van der Waals surface area contributed by atoms with Crippen molar-refractivity contribution >= 4 is 46.0 Å². The Bertz CT molecular complexity index is 1400. The largest absolute Gasteiger partial charge is 0.496 e. The van der Waals surface area contributed by atoms with Crippen LogP contribution in [0.1, 0.15) is 44.4 Å². The van der Waals surface area contributed by atoms with Crippen LogP contribution in [-0.4, -0.2) is 33.3 Å². The van der Waals surface area contributed by atoms with Crippen LogP contribution in [0.3, 0.4) is 0 Å². The van der Waals surface area contributed by atoms with Gasteiger partial charge in [-0.2, -0.15) is 39.5 Å². The average Bonchev–Trinajstić information content (AvgIpc) is 3.06. The average molecular weight is 691 g/mol. The van der Waals surface area contributed by atoms with E-state index < -0.39 is 71.0 Å². The predicted octanol–water partition coefficient (Wildman–Crippen LogP) is 6.11. The van der Waals surface area contributed by atoms with Crippen molar-refractivity contribution in [2.45, 2.75) is 57.4 Å². The molecule has 19 heteroatoms. The lowest BCUT2D eigenvalue weighted by Crippen LogP contribution is -2.41. The second-order valence-corrected chi connectivity index (χ2v) is 10.7. The van der Waals surface area contributed by atoms with Gasteiger partial charge in [0.25, 0.3) is 0 Å². The Kier molecular flexibility index (Phi) is 10.6. The van der Waals surface area contributed by atoms with Crippen molar-refractivity contribution in [3.8, 4) is 0 Å². The summed E-state index contributed by atoms with van der Waals surface area (Å²) in [6.07, 6.45) is -9.74. The van der Waals surface area contributed by atoms with Crippen molar-refractivity contribution in [3.63, 3.8) is 0 Å². The molecule has 0 spiro atoms. The van der Waals surface area contributed by atoms with Gasteiger partial charge in [-0.25, -0.2) is 15.0 Å². The van der Waals surface area contributed by atoms with Gasteiger partial charge in [0.1, 0.15) is 17.5 Å². The van der Waals surface area contributed by atoms with Crippen molar-refractivity contribution in [1.29, 1.82) is 0 Å². The van der Waals surface area contributed by atoms with Crippen molar-refractivity contribution < 1.29 is 48.8 Å². The molecule has 1 aliphatic heterocycles. The van der Waals surface area contributed by atoms with Gasteiger partial charge in [0, 0.05) is 28.5 Å². The summed E-state index contributed by atoms with van der Waals surface area (Å²) < 4.78 is 122. The van der Waals surface area contributed by atoms with E-state index in [4.69, 9.17) is 26.5 Å². The summed E-state index contributed by atoms with van der Waals surface area (Å²) in [6, 6.07) is 3.90. The second-order valence-electron chi connectivity index (χ2n) is 9.81. The molecule has 0 aliphatic carbocycles. The van der Waals surface area contributed by atoms with E-state index in [0.29, 0.717) is 0 Å². The summed E-state index contributed by atoms with van der Waals surface area (Å²) in [4.78, 5) is 10.2. The maximum absolute atomic E-state index is 12.8. The van der Waals surface area contributed by atoms with E-state index in [2.05, 4.69) is 30.9 Å². The first-order valence-electron chi connectivity index (χ1n) is 11.8. The molecule has 43 heavy (non-hydrogen) atoms. The van der Waals surface area contributed by atoms with Crippen LogP contribution >= 0.6 is 15.9 Å². The summed E-state index contributed by atoms with van der Waals surface area (Å²) in [6.45, 7) is 7.29. The van der Waals surface area contributed by atoms with Crippen LogP contribution in [-0.2, 0) is 27.8 Å². The van der Waals surface area contributed by atoms with E-state index in [1.807, 2.05) is 27.7 Å². The zero-order valence-electron chi connectivity index (χ0n) is 22.8. The molecular formula is C24H25BBrF9N6O2. The normalized spacial score (nSPS) is 16.1. The molecule has 8 nitrogen and oxygen atoms in total. The zero-order chi connectivity index (χ0) is 33.2. The number of nitrogens with zero attached hydrogens (tertiary/aromatic N) is 3. The molecule has 4 rings (SSSR count). The lowest BCUT2D eigenvalue weighted by molar-refractivity contribution is -0.138. The van der Waals surface area contributed by atoms with Gasteiger partial charge < -0.3 is 26.5 Å². The maximum Gasteiger partial charge on any atom is 0.496 e. The van der Waals surface area contributed by atoms with Crippen LogP contribution in [0.15, 0.2) is 47.3 Å². The fourth-order valence-corrected chi connectivity index (χ4v) is 3.49. The third-order valence-corrected chi connectivity index (χ3v) is 6.54. The highest BCUT2D eigenvalue weighted by atomic mass is 79.9. The molecule has 0 saturated carbocycles. The number of anilines is 3. The monoisotopic (exact) mass is 690 g/mol. The Balaban J connectivity index is 0.000000241. The van der Waals surface area contributed by atoms with Crippen molar-refractivity contribution in [2.75, 3.05) is 17.2 Å². The fraction of sp³-hybridized carbons (Fsp3) is 0.375. The van der Waals surface area contributed by atoms with E-state index >= 15 is 0 Å². The molecule has 3 aromatic heterocycles. The number of hydrogen-bond donors (Lipinski definition) is 3. The molecule has 0 atom stereocenters. The summed E-state index contributed by atoms with van der Waals surface area (Å²) in [5, 5.41) is 0. The highest BCUT2D eigenvalue weighted by molar-refractivity contribution is 9.10. The van der Waals surface area contributed by atoms with Crippen molar-refractivity contribution in [2.24, 2.45) is 0 Å². The van der Waals surface area contributed by atoms with E-state index in [1.54, 1.807) is 0 Å². The number of nitrogen functional groups attached to an aromatic ring is 3. The molecule has 1 fully saturated rings. The first-order valence-corrected chi connectivity index (χ1v) is 12.6. The topological polar surface area (TPSA) is 135 Å². The molecule has 1 aliphatic rings. The molecule has 0 radical (unpaired) electrons. The lowest BCUT2D eigenvalue weighted by Gasteiger charge is -2.32. The van der Waals surface area contributed by atoms with Crippen LogP contribution in [0.25, 0.3) is 0 Å². The number of aromatic nitrogens is 3. The molecule has 4 heterocycles. The van der Waals surface area contributed by atoms with E-state index in [9.17, 15) is 39.5 Å². The third kappa shape index (κ3) is 9.33. The molecule has 6 N–H and O–H groups in total. The van der Waals surface area contributed by atoms with Gasteiger partial charge in [0.2, 0.25) is 0 Å². The number of alkyl halides is 9. The summed E-state index contributed by atoms with van der Waals surface area (Å²) in [5.74, 6) is -1.55. The first kappa shape index (κ1) is 35.9.